The fourth-order valence-electron chi connectivity index (χ4n) is 3.71. The van der Waals surface area contributed by atoms with E-state index in [9.17, 15) is 4.79 Å². The standard InChI is InChI=1S/C22H24N4O3S/c1-2-11-28-17-10-6-7-15(12-17)21-24-20-18(13-23-25-20)22(30)26(21)14-19(27)29-16-8-4-3-5-9-16/h2,6-7,10,12-13,16H,1,3-5,8-9,11,14H2,(H,23,25). The van der Waals surface area contributed by atoms with Crippen molar-refractivity contribution in [3.8, 4) is 17.1 Å². The fourth-order valence-corrected chi connectivity index (χ4v) is 4.01. The summed E-state index contributed by atoms with van der Waals surface area (Å²) in [4.78, 5) is 17.4. The minimum absolute atomic E-state index is 0.00344. The van der Waals surface area contributed by atoms with E-state index in [-0.39, 0.29) is 18.6 Å². The molecule has 0 unspecified atom stereocenters. The monoisotopic (exact) mass is 424 g/mol. The van der Waals surface area contributed by atoms with E-state index < -0.39 is 0 Å². The molecule has 30 heavy (non-hydrogen) atoms. The van der Waals surface area contributed by atoms with Gasteiger partial charge < -0.3 is 14.0 Å². The maximum Gasteiger partial charge on any atom is 0.326 e. The Morgan fingerprint density at radius 3 is 2.97 bits per heavy atom. The normalized spacial score (nSPS) is 14.5. The van der Waals surface area contributed by atoms with E-state index in [4.69, 9.17) is 21.7 Å². The second-order valence-electron chi connectivity index (χ2n) is 7.34. The van der Waals surface area contributed by atoms with Crippen molar-refractivity contribution in [1.82, 2.24) is 19.7 Å². The summed E-state index contributed by atoms with van der Waals surface area (Å²) >= 11 is 5.67. The van der Waals surface area contributed by atoms with E-state index in [1.807, 2.05) is 24.3 Å². The minimum Gasteiger partial charge on any atom is -0.490 e. The largest absolute Gasteiger partial charge is 0.490 e. The third-order valence-electron chi connectivity index (χ3n) is 5.17. The molecule has 0 aliphatic heterocycles. The van der Waals surface area contributed by atoms with Crippen molar-refractivity contribution in [1.29, 1.82) is 0 Å². The van der Waals surface area contributed by atoms with Crippen molar-refractivity contribution in [3.63, 3.8) is 0 Å². The molecule has 0 radical (unpaired) electrons. The first kappa shape index (κ1) is 20.3. The number of hydrogen-bond donors (Lipinski definition) is 1. The molecule has 0 bridgehead atoms. The van der Waals surface area contributed by atoms with Crippen LogP contribution in [-0.2, 0) is 16.1 Å². The molecule has 0 amide bonds. The molecule has 0 saturated heterocycles. The van der Waals surface area contributed by atoms with Gasteiger partial charge in [-0.2, -0.15) is 5.10 Å². The van der Waals surface area contributed by atoms with Crippen LogP contribution in [0.4, 0.5) is 0 Å². The van der Waals surface area contributed by atoms with Crippen molar-refractivity contribution < 1.29 is 14.3 Å². The number of nitrogens with one attached hydrogen (secondary N) is 1. The lowest BCUT2D eigenvalue weighted by Crippen LogP contribution is -2.24. The number of fused-ring (bicyclic) bond motifs is 1. The van der Waals surface area contributed by atoms with Gasteiger partial charge in [-0.3, -0.25) is 9.89 Å². The average Bonchev–Trinajstić information content (AvgIpc) is 3.24. The number of carbonyl (C=O) groups is 1. The predicted octanol–water partition coefficient (Wildman–Crippen LogP) is 4.60. The fraction of sp³-hybridized carbons (Fsp3) is 0.364. The Morgan fingerprint density at radius 1 is 1.33 bits per heavy atom. The van der Waals surface area contributed by atoms with Crippen molar-refractivity contribution >= 4 is 29.2 Å². The molecule has 1 aromatic carbocycles. The van der Waals surface area contributed by atoms with E-state index in [0.717, 1.165) is 31.2 Å². The van der Waals surface area contributed by atoms with Crippen LogP contribution in [0.1, 0.15) is 32.1 Å². The minimum atomic E-state index is -0.303. The highest BCUT2D eigenvalue weighted by atomic mass is 32.1. The van der Waals surface area contributed by atoms with Gasteiger partial charge in [0.1, 0.15) is 35.5 Å². The Morgan fingerprint density at radius 2 is 2.17 bits per heavy atom. The molecule has 1 aliphatic carbocycles. The SMILES string of the molecule is C=CCOc1cccc(-c2nc3[nH]ncc3c(=S)n2CC(=O)OC2CCCCC2)c1. The lowest BCUT2D eigenvalue weighted by Gasteiger charge is -2.22. The molecule has 2 aromatic heterocycles. The molecule has 4 rings (SSSR count). The lowest BCUT2D eigenvalue weighted by atomic mass is 9.98. The second kappa shape index (κ2) is 9.21. The van der Waals surface area contributed by atoms with Crippen LogP contribution in [0.3, 0.4) is 0 Å². The van der Waals surface area contributed by atoms with Gasteiger partial charge in [-0.15, -0.1) is 0 Å². The van der Waals surface area contributed by atoms with Crippen LogP contribution in [0.2, 0.25) is 0 Å². The molecule has 1 saturated carbocycles. The number of aromatic nitrogens is 4. The zero-order valence-corrected chi connectivity index (χ0v) is 17.5. The third-order valence-corrected chi connectivity index (χ3v) is 5.61. The van der Waals surface area contributed by atoms with Crippen LogP contribution in [0, 0.1) is 4.64 Å². The molecule has 8 heteroatoms. The Bertz CT molecular complexity index is 1120. The first-order chi connectivity index (χ1) is 14.7. The number of aromatic amines is 1. The summed E-state index contributed by atoms with van der Waals surface area (Å²) in [6, 6.07) is 7.51. The molecule has 0 spiro atoms. The van der Waals surface area contributed by atoms with Gasteiger partial charge in [-0.1, -0.05) is 43.4 Å². The summed E-state index contributed by atoms with van der Waals surface area (Å²) in [5, 5.41) is 7.61. The number of hydrogen-bond acceptors (Lipinski definition) is 6. The summed E-state index contributed by atoms with van der Waals surface area (Å²) in [5.41, 5.74) is 1.36. The Labute approximate surface area is 179 Å². The molecule has 1 fully saturated rings. The number of H-pyrrole nitrogens is 1. The zero-order chi connectivity index (χ0) is 20.9. The molecule has 156 valence electrons. The molecule has 0 atom stereocenters. The number of ether oxygens (including phenoxy) is 2. The molecular formula is C22H24N4O3S. The van der Waals surface area contributed by atoms with Crippen molar-refractivity contribution in [2.75, 3.05) is 6.61 Å². The lowest BCUT2D eigenvalue weighted by molar-refractivity contribution is -0.151. The van der Waals surface area contributed by atoms with Gasteiger partial charge in [0.25, 0.3) is 0 Å². The van der Waals surface area contributed by atoms with Crippen molar-refractivity contribution in [3.05, 3.63) is 47.8 Å². The second-order valence-corrected chi connectivity index (χ2v) is 7.72. The number of rotatable bonds is 7. The number of benzene rings is 1. The number of carbonyl (C=O) groups excluding carboxylic acids is 1. The van der Waals surface area contributed by atoms with Crippen LogP contribution < -0.4 is 4.74 Å². The van der Waals surface area contributed by atoms with Gasteiger partial charge >= 0.3 is 5.97 Å². The molecule has 2 heterocycles. The van der Waals surface area contributed by atoms with Crippen LogP contribution in [0.25, 0.3) is 22.4 Å². The summed E-state index contributed by atoms with van der Waals surface area (Å²) in [5.74, 6) is 0.936. The summed E-state index contributed by atoms with van der Waals surface area (Å²) in [7, 11) is 0. The van der Waals surface area contributed by atoms with Gasteiger partial charge in [-0.05, 0) is 37.8 Å². The van der Waals surface area contributed by atoms with Gasteiger partial charge in [0.2, 0.25) is 0 Å². The molecule has 1 N–H and O–H groups in total. The van der Waals surface area contributed by atoms with Gasteiger partial charge in [0.15, 0.2) is 5.65 Å². The quantitative estimate of drug-likeness (QED) is 0.339. The Balaban J connectivity index is 1.69. The third kappa shape index (κ3) is 4.43. The van der Waals surface area contributed by atoms with Crippen LogP contribution in [0.15, 0.2) is 43.1 Å². The van der Waals surface area contributed by atoms with Crippen LogP contribution in [0.5, 0.6) is 5.75 Å². The van der Waals surface area contributed by atoms with Gasteiger partial charge in [0.05, 0.1) is 11.6 Å². The molecule has 7 nitrogen and oxygen atoms in total. The molecule has 1 aliphatic rings. The smallest absolute Gasteiger partial charge is 0.326 e. The van der Waals surface area contributed by atoms with E-state index in [2.05, 4.69) is 21.8 Å². The van der Waals surface area contributed by atoms with E-state index >= 15 is 0 Å². The Hall–Kier alpha value is -3.00. The number of nitrogens with zero attached hydrogens (tertiary/aromatic N) is 3. The average molecular weight is 425 g/mol. The summed E-state index contributed by atoms with van der Waals surface area (Å²) in [6.45, 7) is 4.07. The predicted molar refractivity (Wildman–Crippen MR) is 117 cm³/mol. The summed E-state index contributed by atoms with van der Waals surface area (Å²) in [6.07, 6.45) is 8.55. The topological polar surface area (TPSA) is 82.0 Å². The van der Waals surface area contributed by atoms with Gasteiger partial charge in [-0.25, -0.2) is 4.98 Å². The Kier molecular flexibility index (Phi) is 6.23. The van der Waals surface area contributed by atoms with Crippen molar-refractivity contribution in [2.24, 2.45) is 0 Å². The molecule has 3 aromatic rings. The maximum atomic E-state index is 12.7. The number of esters is 1. The van der Waals surface area contributed by atoms with E-state index in [1.54, 1.807) is 16.8 Å². The highest BCUT2D eigenvalue weighted by Crippen LogP contribution is 2.26. The first-order valence-corrected chi connectivity index (χ1v) is 10.5. The van der Waals surface area contributed by atoms with Crippen molar-refractivity contribution in [2.45, 2.75) is 44.8 Å². The highest BCUT2D eigenvalue weighted by molar-refractivity contribution is 7.71. The van der Waals surface area contributed by atoms with E-state index in [1.165, 1.54) is 6.42 Å². The van der Waals surface area contributed by atoms with Crippen LogP contribution in [-0.4, -0.2) is 38.4 Å². The first-order valence-electron chi connectivity index (χ1n) is 10.1. The maximum absolute atomic E-state index is 12.7. The van der Waals surface area contributed by atoms with Gasteiger partial charge in [0, 0.05) is 5.56 Å². The zero-order valence-electron chi connectivity index (χ0n) is 16.7. The van der Waals surface area contributed by atoms with Crippen LogP contribution >= 0.6 is 12.2 Å². The molecular weight excluding hydrogens is 400 g/mol. The van der Waals surface area contributed by atoms with E-state index in [0.29, 0.717) is 33.9 Å². The summed E-state index contributed by atoms with van der Waals surface area (Å²) < 4.78 is 13.6. The highest BCUT2D eigenvalue weighted by Gasteiger charge is 2.20.